The van der Waals surface area contributed by atoms with Gasteiger partial charge in [0.1, 0.15) is 0 Å². The van der Waals surface area contributed by atoms with E-state index in [1.165, 1.54) is 0 Å². The second-order valence-electron chi connectivity index (χ2n) is 5.63. The number of nitrogens with zero attached hydrogens (tertiary/aromatic N) is 2. The van der Waals surface area contributed by atoms with Crippen molar-refractivity contribution in [2.75, 3.05) is 6.54 Å². The van der Waals surface area contributed by atoms with Gasteiger partial charge in [-0.25, -0.2) is 0 Å². The first-order chi connectivity index (χ1) is 8.47. The largest absolute Gasteiger partial charge is 0.346 e. The van der Waals surface area contributed by atoms with Crippen LogP contribution >= 0.6 is 12.4 Å². The lowest BCUT2D eigenvalue weighted by atomic mass is 9.96. The predicted molar refractivity (Wildman–Crippen MR) is 73.1 cm³/mol. The normalized spacial score (nSPS) is 19.0. The van der Waals surface area contributed by atoms with Gasteiger partial charge in [-0.2, -0.15) is 4.98 Å². The highest BCUT2D eigenvalue weighted by Gasteiger charge is 2.23. The van der Waals surface area contributed by atoms with Gasteiger partial charge in [-0.3, -0.25) is 4.79 Å². The predicted octanol–water partition coefficient (Wildman–Crippen LogP) is 1.16. The van der Waals surface area contributed by atoms with E-state index in [0.29, 0.717) is 18.3 Å². The Labute approximate surface area is 119 Å². The molecule has 1 saturated heterocycles. The van der Waals surface area contributed by atoms with Crippen LogP contribution in [0.15, 0.2) is 4.52 Å². The number of carbonyl (C=O) groups excluding carboxylic acids is 1. The van der Waals surface area contributed by atoms with Crippen LogP contribution in [0.25, 0.3) is 0 Å². The Morgan fingerprint density at radius 3 is 2.79 bits per heavy atom. The van der Waals surface area contributed by atoms with E-state index in [9.17, 15) is 4.79 Å². The number of carbonyl (C=O) groups is 1. The lowest BCUT2D eigenvalue weighted by Crippen LogP contribution is -2.40. The van der Waals surface area contributed by atoms with Crippen LogP contribution in [0.2, 0.25) is 0 Å². The Morgan fingerprint density at radius 2 is 2.26 bits per heavy atom. The molecular weight excluding hydrogens is 268 g/mol. The summed E-state index contributed by atoms with van der Waals surface area (Å²) < 4.78 is 5.11. The van der Waals surface area contributed by atoms with Gasteiger partial charge in [-0.15, -0.1) is 12.4 Å². The molecule has 0 saturated carbocycles. The number of halogens is 1. The van der Waals surface area contributed by atoms with Crippen molar-refractivity contribution in [2.24, 2.45) is 0 Å². The molecule has 0 radical (unpaired) electrons. The molecule has 1 aliphatic rings. The average Bonchev–Trinajstić information content (AvgIpc) is 2.96. The average molecular weight is 289 g/mol. The topological polar surface area (TPSA) is 80.0 Å². The van der Waals surface area contributed by atoms with Gasteiger partial charge in [0, 0.05) is 5.41 Å². The van der Waals surface area contributed by atoms with Gasteiger partial charge >= 0.3 is 0 Å². The Bertz CT molecular complexity index is 422. The number of aromatic nitrogens is 2. The second kappa shape index (κ2) is 6.34. The van der Waals surface area contributed by atoms with Gasteiger partial charge in [0.25, 0.3) is 0 Å². The van der Waals surface area contributed by atoms with E-state index < -0.39 is 0 Å². The molecule has 1 unspecified atom stereocenters. The summed E-state index contributed by atoms with van der Waals surface area (Å²) in [7, 11) is 0. The van der Waals surface area contributed by atoms with Gasteiger partial charge in [-0.1, -0.05) is 25.9 Å². The summed E-state index contributed by atoms with van der Waals surface area (Å²) in [6, 6.07) is -0.0741. The fourth-order valence-corrected chi connectivity index (χ4v) is 1.83. The lowest BCUT2D eigenvalue weighted by molar-refractivity contribution is -0.123. The minimum Gasteiger partial charge on any atom is -0.346 e. The minimum atomic E-state index is -0.140. The number of hydrogen-bond donors (Lipinski definition) is 2. The number of hydrogen-bond acceptors (Lipinski definition) is 5. The monoisotopic (exact) mass is 288 g/mol. The van der Waals surface area contributed by atoms with E-state index in [1.807, 2.05) is 20.8 Å². The Balaban J connectivity index is 0.00000180. The van der Waals surface area contributed by atoms with Crippen molar-refractivity contribution in [3.63, 3.8) is 0 Å². The molecule has 2 rings (SSSR count). The summed E-state index contributed by atoms with van der Waals surface area (Å²) >= 11 is 0. The Hall–Kier alpha value is -1.14. The fourth-order valence-electron chi connectivity index (χ4n) is 1.83. The van der Waals surface area contributed by atoms with Crippen molar-refractivity contribution in [3.8, 4) is 0 Å². The van der Waals surface area contributed by atoms with Gasteiger partial charge in [-0.05, 0) is 19.4 Å². The zero-order chi connectivity index (χ0) is 13.2. The lowest BCUT2D eigenvalue weighted by Gasteiger charge is -2.11. The van der Waals surface area contributed by atoms with Crippen LogP contribution in [0.1, 0.15) is 45.3 Å². The third-order valence-electron chi connectivity index (χ3n) is 2.93. The molecule has 2 heterocycles. The van der Waals surface area contributed by atoms with Crippen molar-refractivity contribution >= 4 is 18.3 Å². The summed E-state index contributed by atoms with van der Waals surface area (Å²) in [5.74, 6) is 1.11. The zero-order valence-electron chi connectivity index (χ0n) is 11.5. The van der Waals surface area contributed by atoms with Crippen LogP contribution in [0.3, 0.4) is 0 Å². The number of rotatable bonds is 3. The van der Waals surface area contributed by atoms with Crippen molar-refractivity contribution in [1.29, 1.82) is 0 Å². The third-order valence-corrected chi connectivity index (χ3v) is 2.93. The number of amides is 1. The molecule has 2 N–H and O–H groups in total. The van der Waals surface area contributed by atoms with Crippen LogP contribution in [-0.4, -0.2) is 28.6 Å². The SMILES string of the molecule is CC(C)(C)c1noc(CNC(=O)C2CCCN2)n1.Cl. The quantitative estimate of drug-likeness (QED) is 0.872. The van der Waals surface area contributed by atoms with Crippen molar-refractivity contribution in [3.05, 3.63) is 11.7 Å². The molecule has 0 bridgehead atoms. The van der Waals surface area contributed by atoms with E-state index in [2.05, 4.69) is 20.8 Å². The van der Waals surface area contributed by atoms with Gasteiger partial charge < -0.3 is 15.2 Å². The standard InChI is InChI=1S/C12H20N4O2.ClH/c1-12(2,3)11-15-9(18-16-11)7-14-10(17)8-5-4-6-13-8;/h8,13H,4-7H2,1-3H3,(H,14,17);1H. The summed E-state index contributed by atoms with van der Waals surface area (Å²) in [5.41, 5.74) is -0.140. The molecule has 0 aromatic carbocycles. The first kappa shape index (κ1) is 15.9. The van der Waals surface area contributed by atoms with Crippen LogP contribution < -0.4 is 10.6 Å². The van der Waals surface area contributed by atoms with E-state index >= 15 is 0 Å². The Morgan fingerprint density at radius 1 is 1.53 bits per heavy atom. The molecule has 6 nitrogen and oxygen atoms in total. The summed E-state index contributed by atoms with van der Waals surface area (Å²) in [4.78, 5) is 16.0. The zero-order valence-corrected chi connectivity index (χ0v) is 12.3. The van der Waals surface area contributed by atoms with Crippen LogP contribution in [0.4, 0.5) is 0 Å². The van der Waals surface area contributed by atoms with Crippen molar-refractivity contribution in [1.82, 2.24) is 20.8 Å². The molecule has 1 atom stereocenters. The Kier molecular flexibility index (Phi) is 5.31. The first-order valence-corrected chi connectivity index (χ1v) is 6.31. The maximum Gasteiger partial charge on any atom is 0.246 e. The molecule has 19 heavy (non-hydrogen) atoms. The molecule has 1 fully saturated rings. The van der Waals surface area contributed by atoms with E-state index in [0.717, 1.165) is 19.4 Å². The van der Waals surface area contributed by atoms with Crippen molar-refractivity contribution < 1.29 is 9.32 Å². The highest BCUT2D eigenvalue weighted by atomic mass is 35.5. The first-order valence-electron chi connectivity index (χ1n) is 6.31. The fraction of sp³-hybridized carbons (Fsp3) is 0.750. The molecule has 1 aromatic rings. The smallest absolute Gasteiger partial charge is 0.246 e. The highest BCUT2D eigenvalue weighted by Crippen LogP contribution is 2.18. The number of nitrogens with one attached hydrogen (secondary N) is 2. The molecule has 7 heteroatoms. The van der Waals surface area contributed by atoms with Crippen LogP contribution in [0.5, 0.6) is 0 Å². The minimum absolute atomic E-state index is 0. The van der Waals surface area contributed by atoms with Gasteiger partial charge in [0.05, 0.1) is 12.6 Å². The molecular formula is C12H21ClN4O2. The third kappa shape index (κ3) is 4.18. The second-order valence-corrected chi connectivity index (χ2v) is 5.63. The van der Waals surface area contributed by atoms with E-state index in [4.69, 9.17) is 4.52 Å². The maximum absolute atomic E-state index is 11.8. The molecule has 1 aromatic heterocycles. The van der Waals surface area contributed by atoms with Gasteiger partial charge in [0.15, 0.2) is 5.82 Å². The van der Waals surface area contributed by atoms with Crippen LogP contribution in [-0.2, 0) is 16.8 Å². The molecule has 0 spiro atoms. The summed E-state index contributed by atoms with van der Waals surface area (Å²) in [6.07, 6.45) is 1.94. The van der Waals surface area contributed by atoms with Crippen molar-refractivity contribution in [2.45, 2.75) is 51.6 Å². The van der Waals surface area contributed by atoms with Crippen LogP contribution in [0, 0.1) is 0 Å². The molecule has 1 aliphatic heterocycles. The molecule has 1 amide bonds. The van der Waals surface area contributed by atoms with Gasteiger partial charge in [0.2, 0.25) is 11.8 Å². The van der Waals surface area contributed by atoms with E-state index in [1.54, 1.807) is 0 Å². The molecule has 0 aliphatic carbocycles. The highest BCUT2D eigenvalue weighted by molar-refractivity contribution is 5.85. The van der Waals surface area contributed by atoms with E-state index in [-0.39, 0.29) is 29.8 Å². The summed E-state index contributed by atoms with van der Waals surface area (Å²) in [6.45, 7) is 7.25. The maximum atomic E-state index is 11.8. The molecule has 108 valence electrons. The summed E-state index contributed by atoms with van der Waals surface area (Å²) in [5, 5.41) is 9.86.